The second kappa shape index (κ2) is 8.70. The van der Waals surface area contributed by atoms with E-state index in [2.05, 4.69) is 0 Å². The summed E-state index contributed by atoms with van der Waals surface area (Å²) >= 11 is 0. The number of ether oxygens (including phenoxy) is 1. The largest absolute Gasteiger partial charge is 0.493 e. The third-order valence-corrected chi connectivity index (χ3v) is 6.52. The second-order valence-corrected chi connectivity index (χ2v) is 8.52. The Bertz CT molecular complexity index is 949. The van der Waals surface area contributed by atoms with Crippen LogP contribution in [0.1, 0.15) is 23.7 Å². The van der Waals surface area contributed by atoms with Gasteiger partial charge >= 0.3 is 0 Å². The van der Waals surface area contributed by atoms with E-state index in [0.29, 0.717) is 36.6 Å². The predicted molar refractivity (Wildman–Crippen MR) is 106 cm³/mol. The van der Waals surface area contributed by atoms with E-state index in [4.69, 9.17) is 4.74 Å². The van der Waals surface area contributed by atoms with Crippen LogP contribution in [-0.2, 0) is 10.0 Å². The highest BCUT2D eigenvalue weighted by molar-refractivity contribution is 7.89. The maximum absolute atomic E-state index is 13.8. The van der Waals surface area contributed by atoms with Gasteiger partial charge in [0.05, 0.1) is 17.9 Å². The Balaban J connectivity index is 1.91. The van der Waals surface area contributed by atoms with Gasteiger partial charge in [-0.1, -0.05) is 18.2 Å². The van der Waals surface area contributed by atoms with Gasteiger partial charge in [0.2, 0.25) is 10.0 Å². The molecule has 0 aliphatic carbocycles. The molecule has 0 saturated carbocycles. The van der Waals surface area contributed by atoms with Gasteiger partial charge in [-0.15, -0.1) is 0 Å². The first-order valence-corrected chi connectivity index (χ1v) is 10.8. The Morgan fingerprint density at radius 2 is 2.00 bits per heavy atom. The van der Waals surface area contributed by atoms with Crippen LogP contribution >= 0.6 is 0 Å². The van der Waals surface area contributed by atoms with E-state index in [0.717, 1.165) is 0 Å². The number of rotatable bonds is 7. The van der Waals surface area contributed by atoms with Crippen LogP contribution < -0.4 is 9.64 Å². The minimum absolute atomic E-state index is 0.113. The molecular formula is C20H23FN2O4S. The number of para-hydroxylation sites is 1. The molecule has 0 radical (unpaired) electrons. The molecule has 0 atom stereocenters. The number of nitrogens with zero attached hydrogens (tertiary/aromatic N) is 2. The number of carbonyl (C=O) groups excluding carboxylic acids is 1. The topological polar surface area (TPSA) is 66.9 Å². The molecule has 1 fully saturated rings. The number of hydrogen-bond donors (Lipinski definition) is 0. The van der Waals surface area contributed by atoms with Gasteiger partial charge in [0, 0.05) is 25.3 Å². The molecule has 0 N–H and O–H groups in total. The van der Waals surface area contributed by atoms with Crippen molar-refractivity contribution in [3.05, 3.63) is 59.9 Å². The minimum Gasteiger partial charge on any atom is -0.493 e. The summed E-state index contributed by atoms with van der Waals surface area (Å²) in [6.45, 7) is 2.92. The summed E-state index contributed by atoms with van der Waals surface area (Å²) in [5.74, 6) is -0.285. The highest BCUT2D eigenvalue weighted by Gasteiger charge is 2.30. The van der Waals surface area contributed by atoms with Crippen molar-refractivity contribution in [3.63, 3.8) is 0 Å². The van der Waals surface area contributed by atoms with Gasteiger partial charge in [0.1, 0.15) is 11.6 Å². The Labute approximate surface area is 164 Å². The van der Waals surface area contributed by atoms with Crippen molar-refractivity contribution in [2.24, 2.45) is 0 Å². The van der Waals surface area contributed by atoms with Crippen molar-refractivity contribution >= 4 is 21.6 Å². The molecule has 0 aromatic heterocycles. The molecule has 0 unspecified atom stereocenters. The van der Waals surface area contributed by atoms with Crippen LogP contribution in [0, 0.1) is 5.82 Å². The molecule has 1 aliphatic heterocycles. The first kappa shape index (κ1) is 20.3. The molecule has 1 heterocycles. The highest BCUT2D eigenvalue weighted by atomic mass is 32.2. The van der Waals surface area contributed by atoms with Gasteiger partial charge in [-0.25, -0.2) is 17.1 Å². The van der Waals surface area contributed by atoms with Gasteiger partial charge in [0.15, 0.2) is 0 Å². The fourth-order valence-electron chi connectivity index (χ4n) is 3.22. The summed E-state index contributed by atoms with van der Waals surface area (Å²) in [6, 6.07) is 12.5. The second-order valence-electron chi connectivity index (χ2n) is 6.43. The Hall–Kier alpha value is -2.45. The summed E-state index contributed by atoms with van der Waals surface area (Å²) in [6.07, 6.45) is 0.573. The zero-order chi connectivity index (χ0) is 20.1. The van der Waals surface area contributed by atoms with Crippen LogP contribution in [0.3, 0.4) is 0 Å². The lowest BCUT2D eigenvalue weighted by Crippen LogP contribution is -2.39. The van der Waals surface area contributed by atoms with E-state index < -0.39 is 15.8 Å². The average molecular weight is 406 g/mol. The summed E-state index contributed by atoms with van der Waals surface area (Å²) in [5.41, 5.74) is 0.714. The van der Waals surface area contributed by atoms with Crippen molar-refractivity contribution < 1.29 is 22.3 Å². The molecule has 1 amide bonds. The molecule has 1 aliphatic rings. The van der Waals surface area contributed by atoms with Gasteiger partial charge in [0.25, 0.3) is 5.91 Å². The molecular weight excluding hydrogens is 383 g/mol. The van der Waals surface area contributed by atoms with E-state index in [1.54, 1.807) is 30.3 Å². The lowest BCUT2D eigenvalue weighted by Gasteiger charge is -2.26. The van der Waals surface area contributed by atoms with Crippen LogP contribution in [-0.4, -0.2) is 50.6 Å². The van der Waals surface area contributed by atoms with E-state index in [9.17, 15) is 17.6 Å². The number of halogens is 1. The molecule has 2 aromatic rings. The van der Waals surface area contributed by atoms with Crippen LogP contribution in [0.15, 0.2) is 48.5 Å². The lowest BCUT2D eigenvalue weighted by atomic mass is 10.1. The molecule has 3 rings (SSSR count). The molecule has 150 valence electrons. The molecule has 6 nitrogen and oxygen atoms in total. The standard InChI is InChI=1S/C20H23FN2O4S/c1-2-27-19-10-4-3-9-18(19)20(24)23(17-8-5-7-16(21)15-17)13-12-22-11-6-14-28(22,25)26/h3-5,7-10,15H,2,6,11-14H2,1H3. The number of carbonyl (C=O) groups is 1. The predicted octanol–water partition coefficient (Wildman–Crippen LogP) is 2.91. The van der Waals surface area contributed by atoms with Crippen LogP contribution in [0.4, 0.5) is 10.1 Å². The lowest BCUT2D eigenvalue weighted by molar-refractivity contribution is 0.0982. The SMILES string of the molecule is CCOc1ccccc1C(=O)N(CCN1CCCS1(=O)=O)c1cccc(F)c1. The average Bonchev–Trinajstić information content (AvgIpc) is 3.01. The first-order valence-electron chi connectivity index (χ1n) is 9.19. The molecule has 8 heteroatoms. The van der Waals surface area contributed by atoms with Gasteiger partial charge < -0.3 is 9.64 Å². The zero-order valence-electron chi connectivity index (χ0n) is 15.7. The molecule has 28 heavy (non-hydrogen) atoms. The van der Waals surface area contributed by atoms with Gasteiger partial charge in [-0.2, -0.15) is 0 Å². The summed E-state index contributed by atoms with van der Waals surface area (Å²) in [5, 5.41) is 0. The van der Waals surface area contributed by atoms with E-state index >= 15 is 0 Å². The summed E-state index contributed by atoms with van der Waals surface area (Å²) in [4.78, 5) is 14.7. The summed E-state index contributed by atoms with van der Waals surface area (Å²) < 4.78 is 44.9. The van der Waals surface area contributed by atoms with Crippen molar-refractivity contribution in [1.82, 2.24) is 4.31 Å². The van der Waals surface area contributed by atoms with Gasteiger partial charge in [-0.3, -0.25) is 4.79 Å². The van der Waals surface area contributed by atoms with Crippen molar-refractivity contribution in [2.75, 3.05) is 36.9 Å². The molecule has 0 bridgehead atoms. The number of benzene rings is 2. The number of hydrogen-bond acceptors (Lipinski definition) is 4. The van der Waals surface area contributed by atoms with Gasteiger partial charge in [-0.05, 0) is 43.7 Å². The Morgan fingerprint density at radius 3 is 2.68 bits per heavy atom. The fourth-order valence-corrected chi connectivity index (χ4v) is 4.74. The van der Waals surface area contributed by atoms with Crippen molar-refractivity contribution in [2.45, 2.75) is 13.3 Å². The number of amides is 1. The maximum atomic E-state index is 13.8. The zero-order valence-corrected chi connectivity index (χ0v) is 16.5. The monoisotopic (exact) mass is 406 g/mol. The van der Waals surface area contributed by atoms with Crippen LogP contribution in [0.5, 0.6) is 5.75 Å². The molecule has 0 spiro atoms. The third-order valence-electron chi connectivity index (χ3n) is 4.56. The Kier molecular flexibility index (Phi) is 6.31. The van der Waals surface area contributed by atoms with Crippen molar-refractivity contribution in [1.29, 1.82) is 0 Å². The Morgan fingerprint density at radius 1 is 1.21 bits per heavy atom. The van der Waals surface area contributed by atoms with Crippen LogP contribution in [0.25, 0.3) is 0 Å². The van der Waals surface area contributed by atoms with E-state index in [-0.39, 0.29) is 24.7 Å². The summed E-state index contributed by atoms with van der Waals surface area (Å²) in [7, 11) is -3.28. The number of anilines is 1. The smallest absolute Gasteiger partial charge is 0.262 e. The molecule has 1 saturated heterocycles. The number of sulfonamides is 1. The fraction of sp³-hybridized carbons (Fsp3) is 0.350. The normalized spacial score (nSPS) is 16.1. The van der Waals surface area contributed by atoms with Crippen molar-refractivity contribution in [3.8, 4) is 5.75 Å². The van der Waals surface area contributed by atoms with E-state index in [1.807, 2.05) is 6.92 Å². The highest BCUT2D eigenvalue weighted by Crippen LogP contribution is 2.25. The minimum atomic E-state index is -3.28. The molecule has 2 aromatic carbocycles. The van der Waals surface area contributed by atoms with Crippen LogP contribution in [0.2, 0.25) is 0 Å². The first-order chi connectivity index (χ1) is 13.4. The quantitative estimate of drug-likeness (QED) is 0.709. The van der Waals surface area contributed by atoms with E-state index in [1.165, 1.54) is 27.4 Å². The maximum Gasteiger partial charge on any atom is 0.262 e. The third kappa shape index (κ3) is 4.51.